The zero-order valence-electron chi connectivity index (χ0n) is 17.3. The van der Waals surface area contributed by atoms with E-state index in [0.717, 1.165) is 5.56 Å². The summed E-state index contributed by atoms with van der Waals surface area (Å²) in [6.45, 7) is 1.84. The van der Waals surface area contributed by atoms with Crippen LogP contribution in [0.3, 0.4) is 0 Å². The van der Waals surface area contributed by atoms with Crippen LogP contribution in [0.2, 0.25) is 5.02 Å². The van der Waals surface area contributed by atoms with E-state index in [0.29, 0.717) is 22.2 Å². The zero-order valence-corrected chi connectivity index (χ0v) is 18.1. The summed E-state index contributed by atoms with van der Waals surface area (Å²) in [5.41, 5.74) is 0.944. The van der Waals surface area contributed by atoms with Crippen LogP contribution in [0.4, 0.5) is 5.69 Å². The Balaban J connectivity index is 1.76. The van der Waals surface area contributed by atoms with Crippen molar-refractivity contribution in [2.24, 2.45) is 0 Å². The van der Waals surface area contributed by atoms with Gasteiger partial charge < -0.3 is 10.1 Å². The number of aryl methyl sites for hydroxylation is 1. The van der Waals surface area contributed by atoms with E-state index < -0.39 is 17.2 Å². The smallest absolute Gasteiger partial charge is 0.330 e. The van der Waals surface area contributed by atoms with Crippen molar-refractivity contribution in [3.8, 4) is 5.75 Å². The molecule has 0 aliphatic heterocycles. The van der Waals surface area contributed by atoms with E-state index in [1.807, 2.05) is 12.1 Å². The van der Waals surface area contributed by atoms with E-state index in [9.17, 15) is 14.4 Å². The third-order valence-electron chi connectivity index (χ3n) is 4.99. The van der Waals surface area contributed by atoms with Gasteiger partial charge in [0.1, 0.15) is 11.4 Å². The number of hydrogen-bond acceptors (Lipinski definition) is 5. The molecule has 32 heavy (non-hydrogen) atoms. The van der Waals surface area contributed by atoms with Crippen LogP contribution in [0.25, 0.3) is 11.0 Å². The lowest BCUT2D eigenvalue weighted by Gasteiger charge is -2.12. The second kappa shape index (κ2) is 8.68. The molecule has 0 aliphatic carbocycles. The van der Waals surface area contributed by atoms with E-state index in [-0.39, 0.29) is 23.1 Å². The predicted molar refractivity (Wildman–Crippen MR) is 123 cm³/mol. The lowest BCUT2D eigenvalue weighted by Crippen LogP contribution is -2.32. The Hall–Kier alpha value is -3.91. The minimum absolute atomic E-state index is 0.139. The summed E-state index contributed by atoms with van der Waals surface area (Å²) >= 11 is 5.97. The standard InChI is InChI=1S/C23H19ClN4O4/c1-13-18(21(29)26-16-5-3-4-15(24)10-16)11-19-20(25-13)28(23(31)27-22(19)30)12-14-6-8-17(32-2)9-7-14/h3-11H,12H2,1-2H3,(H,26,29)(H,27,30,31). The van der Waals surface area contributed by atoms with Crippen LogP contribution in [0.5, 0.6) is 5.75 Å². The molecule has 2 aromatic heterocycles. The van der Waals surface area contributed by atoms with Crippen LogP contribution >= 0.6 is 11.6 Å². The van der Waals surface area contributed by atoms with Gasteiger partial charge in [-0.05, 0) is 48.9 Å². The number of fused-ring (bicyclic) bond motifs is 1. The summed E-state index contributed by atoms with van der Waals surface area (Å²) in [6, 6.07) is 15.4. The Morgan fingerprint density at radius 1 is 1.16 bits per heavy atom. The molecule has 0 saturated heterocycles. The first-order valence-corrected chi connectivity index (χ1v) is 10.1. The molecule has 0 fully saturated rings. The second-order valence-electron chi connectivity index (χ2n) is 7.15. The van der Waals surface area contributed by atoms with Crippen molar-refractivity contribution in [1.82, 2.24) is 14.5 Å². The summed E-state index contributed by atoms with van der Waals surface area (Å²) in [7, 11) is 1.57. The van der Waals surface area contributed by atoms with Gasteiger partial charge in [-0.3, -0.25) is 19.1 Å². The third kappa shape index (κ3) is 4.26. The van der Waals surface area contributed by atoms with Crippen LogP contribution in [0.1, 0.15) is 21.6 Å². The molecular weight excluding hydrogens is 432 g/mol. The number of nitrogens with zero attached hydrogens (tertiary/aromatic N) is 2. The van der Waals surface area contributed by atoms with E-state index in [4.69, 9.17) is 16.3 Å². The number of pyridine rings is 1. The monoisotopic (exact) mass is 450 g/mol. The van der Waals surface area contributed by atoms with Crippen LogP contribution in [-0.2, 0) is 6.54 Å². The third-order valence-corrected chi connectivity index (χ3v) is 5.22. The molecule has 2 N–H and O–H groups in total. The molecule has 0 saturated carbocycles. The SMILES string of the molecule is COc1ccc(Cn2c(=O)[nH]c(=O)c3cc(C(=O)Nc4cccc(Cl)c4)c(C)nc32)cc1. The molecule has 0 radical (unpaired) electrons. The van der Waals surface area contributed by atoms with Gasteiger partial charge in [-0.2, -0.15) is 0 Å². The average molecular weight is 451 g/mol. The Morgan fingerprint density at radius 2 is 1.91 bits per heavy atom. The highest BCUT2D eigenvalue weighted by atomic mass is 35.5. The van der Waals surface area contributed by atoms with Crippen molar-refractivity contribution in [2.75, 3.05) is 12.4 Å². The highest BCUT2D eigenvalue weighted by molar-refractivity contribution is 6.31. The first kappa shape index (κ1) is 21.3. The molecule has 0 bridgehead atoms. The molecule has 162 valence electrons. The Bertz CT molecular complexity index is 1440. The van der Waals surface area contributed by atoms with Crippen molar-refractivity contribution < 1.29 is 9.53 Å². The minimum Gasteiger partial charge on any atom is -0.497 e. The number of amides is 1. The van der Waals surface area contributed by atoms with Gasteiger partial charge in [-0.15, -0.1) is 0 Å². The zero-order chi connectivity index (χ0) is 22.8. The quantitative estimate of drug-likeness (QED) is 0.485. The van der Waals surface area contributed by atoms with E-state index >= 15 is 0 Å². The number of nitrogens with one attached hydrogen (secondary N) is 2. The number of H-pyrrole nitrogens is 1. The Labute approximate surface area is 187 Å². The van der Waals surface area contributed by atoms with Gasteiger partial charge >= 0.3 is 5.69 Å². The average Bonchev–Trinajstić information content (AvgIpc) is 2.76. The Morgan fingerprint density at radius 3 is 2.59 bits per heavy atom. The van der Waals surface area contributed by atoms with Crippen LogP contribution in [0, 0.1) is 6.92 Å². The van der Waals surface area contributed by atoms with Crippen molar-refractivity contribution >= 4 is 34.2 Å². The highest BCUT2D eigenvalue weighted by Crippen LogP contribution is 2.19. The van der Waals surface area contributed by atoms with Crippen LogP contribution in [-0.4, -0.2) is 27.6 Å². The highest BCUT2D eigenvalue weighted by Gasteiger charge is 2.17. The van der Waals surface area contributed by atoms with Gasteiger partial charge in [0.2, 0.25) is 0 Å². The number of anilines is 1. The number of aromatic amines is 1. The molecule has 2 aromatic carbocycles. The number of hydrogen-bond donors (Lipinski definition) is 2. The van der Waals surface area contributed by atoms with E-state index in [2.05, 4.69) is 15.3 Å². The predicted octanol–water partition coefficient (Wildman–Crippen LogP) is 3.36. The maximum atomic E-state index is 12.8. The minimum atomic E-state index is -0.611. The summed E-state index contributed by atoms with van der Waals surface area (Å²) in [5, 5.41) is 3.37. The van der Waals surface area contributed by atoms with E-state index in [1.54, 1.807) is 50.4 Å². The second-order valence-corrected chi connectivity index (χ2v) is 7.59. The van der Waals surface area contributed by atoms with Crippen LogP contribution < -0.4 is 21.3 Å². The summed E-state index contributed by atoms with van der Waals surface area (Å²) in [6.07, 6.45) is 0. The van der Waals surface area contributed by atoms with Crippen molar-refractivity contribution in [3.05, 3.63) is 97.3 Å². The number of ether oxygens (including phenoxy) is 1. The number of rotatable bonds is 5. The molecule has 0 atom stereocenters. The van der Waals surface area contributed by atoms with E-state index in [1.165, 1.54) is 10.6 Å². The maximum absolute atomic E-state index is 12.8. The lowest BCUT2D eigenvalue weighted by atomic mass is 10.1. The number of halogens is 1. The van der Waals surface area contributed by atoms with Crippen molar-refractivity contribution in [3.63, 3.8) is 0 Å². The number of aromatic nitrogens is 3. The summed E-state index contributed by atoms with van der Waals surface area (Å²) < 4.78 is 6.52. The fourth-order valence-corrected chi connectivity index (χ4v) is 3.54. The summed E-state index contributed by atoms with van der Waals surface area (Å²) in [4.78, 5) is 44.6. The fraction of sp³-hybridized carbons (Fsp3) is 0.130. The number of carbonyl (C=O) groups is 1. The molecule has 0 unspecified atom stereocenters. The molecule has 8 nitrogen and oxygen atoms in total. The number of carbonyl (C=O) groups excluding carboxylic acids is 1. The van der Waals surface area contributed by atoms with Gasteiger partial charge in [0.25, 0.3) is 11.5 Å². The number of methoxy groups -OCH3 is 1. The maximum Gasteiger partial charge on any atom is 0.330 e. The van der Waals surface area contributed by atoms with Gasteiger partial charge in [0, 0.05) is 10.7 Å². The molecule has 4 aromatic rings. The van der Waals surface area contributed by atoms with Gasteiger partial charge in [-0.25, -0.2) is 9.78 Å². The molecule has 4 rings (SSSR count). The van der Waals surface area contributed by atoms with Crippen molar-refractivity contribution in [2.45, 2.75) is 13.5 Å². The molecule has 2 heterocycles. The summed E-state index contributed by atoms with van der Waals surface area (Å²) in [5.74, 6) is 0.253. The lowest BCUT2D eigenvalue weighted by molar-refractivity contribution is 0.102. The number of benzene rings is 2. The van der Waals surface area contributed by atoms with Crippen molar-refractivity contribution in [1.29, 1.82) is 0 Å². The molecule has 0 spiro atoms. The van der Waals surface area contributed by atoms with Gasteiger partial charge in [-0.1, -0.05) is 29.8 Å². The first-order chi connectivity index (χ1) is 15.4. The fourth-order valence-electron chi connectivity index (χ4n) is 3.35. The topological polar surface area (TPSA) is 106 Å². The normalized spacial score (nSPS) is 10.8. The molecular formula is C23H19ClN4O4. The van der Waals surface area contributed by atoms with Crippen LogP contribution in [0.15, 0.2) is 64.2 Å². The molecule has 0 aliphatic rings. The van der Waals surface area contributed by atoms with Gasteiger partial charge in [0.15, 0.2) is 0 Å². The Kier molecular flexibility index (Phi) is 5.79. The molecule has 9 heteroatoms. The molecule has 1 amide bonds. The van der Waals surface area contributed by atoms with Gasteiger partial charge in [0.05, 0.1) is 30.3 Å². The first-order valence-electron chi connectivity index (χ1n) is 9.70. The largest absolute Gasteiger partial charge is 0.497 e.